The lowest BCUT2D eigenvalue weighted by atomic mass is 10.2. The van der Waals surface area contributed by atoms with Crippen molar-refractivity contribution in [3.8, 4) is 17.2 Å². The first-order valence-corrected chi connectivity index (χ1v) is 9.65. The van der Waals surface area contributed by atoms with Crippen molar-refractivity contribution in [1.29, 1.82) is 0 Å². The number of hydrogen-bond donors (Lipinski definition) is 1. The second kappa shape index (κ2) is 8.70. The molecule has 0 fully saturated rings. The summed E-state index contributed by atoms with van der Waals surface area (Å²) in [7, 11) is 0. The molecule has 0 aliphatic rings. The summed E-state index contributed by atoms with van der Waals surface area (Å²) < 4.78 is 12.2. The maximum absolute atomic E-state index is 12.2. The van der Waals surface area contributed by atoms with E-state index in [1.807, 2.05) is 42.5 Å². The summed E-state index contributed by atoms with van der Waals surface area (Å²) in [5.41, 5.74) is 2.11. The highest BCUT2D eigenvalue weighted by molar-refractivity contribution is 9.10. The van der Waals surface area contributed by atoms with Crippen LogP contribution in [0.4, 0.5) is 5.69 Å². The first-order chi connectivity index (χ1) is 14.2. The van der Waals surface area contributed by atoms with Crippen molar-refractivity contribution in [3.05, 3.63) is 94.8 Å². The number of ether oxygens (including phenoxy) is 1. The Morgan fingerprint density at radius 2 is 1.66 bits per heavy atom. The zero-order valence-corrected chi connectivity index (χ0v) is 16.8. The summed E-state index contributed by atoms with van der Waals surface area (Å²) in [4.78, 5) is 12.2. The minimum atomic E-state index is -0.162. The van der Waals surface area contributed by atoms with Crippen molar-refractivity contribution in [2.75, 3.05) is 5.32 Å². The molecule has 1 aromatic heterocycles. The van der Waals surface area contributed by atoms with Crippen LogP contribution >= 0.6 is 15.9 Å². The van der Waals surface area contributed by atoms with E-state index in [1.165, 1.54) is 0 Å². The molecule has 0 atom stereocenters. The van der Waals surface area contributed by atoms with Gasteiger partial charge in [0.05, 0.1) is 5.56 Å². The lowest BCUT2D eigenvalue weighted by molar-refractivity contribution is 0.102. The van der Waals surface area contributed by atoms with Crippen LogP contribution in [0.25, 0.3) is 11.5 Å². The Balaban J connectivity index is 1.35. The molecule has 4 rings (SSSR count). The van der Waals surface area contributed by atoms with Crippen LogP contribution in [0.3, 0.4) is 0 Å². The van der Waals surface area contributed by atoms with Crippen molar-refractivity contribution >= 4 is 27.5 Å². The van der Waals surface area contributed by atoms with E-state index in [0.29, 0.717) is 28.8 Å². The minimum absolute atomic E-state index is 0.146. The number of anilines is 1. The number of carbonyl (C=O) groups excluding carboxylic acids is 1. The molecule has 144 valence electrons. The van der Waals surface area contributed by atoms with Gasteiger partial charge >= 0.3 is 0 Å². The summed E-state index contributed by atoms with van der Waals surface area (Å²) in [6.45, 7) is 0.146. The van der Waals surface area contributed by atoms with Crippen LogP contribution in [0.15, 0.2) is 87.8 Å². The van der Waals surface area contributed by atoms with Crippen LogP contribution in [0, 0.1) is 0 Å². The van der Waals surface area contributed by atoms with E-state index in [2.05, 4.69) is 31.4 Å². The lowest BCUT2D eigenvalue weighted by Gasteiger charge is -2.07. The normalized spacial score (nSPS) is 10.5. The van der Waals surface area contributed by atoms with Crippen LogP contribution in [-0.4, -0.2) is 16.1 Å². The van der Waals surface area contributed by atoms with E-state index < -0.39 is 0 Å². The molecule has 29 heavy (non-hydrogen) atoms. The third-order valence-electron chi connectivity index (χ3n) is 4.08. The molecule has 0 aliphatic heterocycles. The number of aromatic nitrogens is 2. The predicted molar refractivity (Wildman–Crippen MR) is 113 cm³/mol. The fourth-order valence-electron chi connectivity index (χ4n) is 2.63. The molecule has 7 heteroatoms. The summed E-state index contributed by atoms with van der Waals surface area (Å²) in [5.74, 6) is 1.26. The van der Waals surface area contributed by atoms with Crippen LogP contribution < -0.4 is 10.1 Å². The molecule has 6 nitrogen and oxygen atoms in total. The van der Waals surface area contributed by atoms with Crippen LogP contribution in [-0.2, 0) is 6.61 Å². The largest absolute Gasteiger partial charge is 0.484 e. The number of hydrogen-bond acceptors (Lipinski definition) is 5. The molecule has 1 heterocycles. The minimum Gasteiger partial charge on any atom is -0.484 e. The number of halogens is 1. The fourth-order valence-corrected chi connectivity index (χ4v) is 3.08. The summed E-state index contributed by atoms with van der Waals surface area (Å²) in [6.07, 6.45) is 0. The van der Waals surface area contributed by atoms with Crippen LogP contribution in [0.2, 0.25) is 0 Å². The highest BCUT2D eigenvalue weighted by Gasteiger charge is 2.12. The van der Waals surface area contributed by atoms with Gasteiger partial charge in [0.15, 0.2) is 6.61 Å². The molecule has 0 spiro atoms. The Kier molecular flexibility index (Phi) is 5.67. The molecule has 0 radical (unpaired) electrons. The van der Waals surface area contributed by atoms with E-state index in [1.54, 1.807) is 36.4 Å². The van der Waals surface area contributed by atoms with E-state index in [9.17, 15) is 4.79 Å². The molecule has 1 N–H and O–H groups in total. The molecule has 0 unspecified atom stereocenters. The topological polar surface area (TPSA) is 77.2 Å². The number of nitrogens with one attached hydrogen (secondary N) is 1. The zero-order valence-electron chi connectivity index (χ0n) is 15.2. The van der Waals surface area contributed by atoms with E-state index in [4.69, 9.17) is 9.15 Å². The van der Waals surface area contributed by atoms with E-state index in [0.717, 1.165) is 10.0 Å². The number of amides is 1. The molecule has 3 aromatic carbocycles. The zero-order chi connectivity index (χ0) is 20.1. The van der Waals surface area contributed by atoms with Gasteiger partial charge < -0.3 is 14.5 Å². The van der Waals surface area contributed by atoms with Crippen molar-refractivity contribution in [2.45, 2.75) is 6.61 Å². The van der Waals surface area contributed by atoms with Gasteiger partial charge in [-0.05, 0) is 64.5 Å². The first kappa shape index (κ1) is 18.9. The highest BCUT2D eigenvalue weighted by Crippen LogP contribution is 2.27. The molecular formula is C22H16BrN3O3. The molecule has 4 aromatic rings. The van der Waals surface area contributed by atoms with Gasteiger partial charge in [-0.2, -0.15) is 0 Å². The third-order valence-corrected chi connectivity index (χ3v) is 4.77. The van der Waals surface area contributed by atoms with Gasteiger partial charge in [-0.25, -0.2) is 0 Å². The number of rotatable bonds is 6. The smallest absolute Gasteiger partial charge is 0.255 e. The Morgan fingerprint density at radius 1 is 0.931 bits per heavy atom. The third kappa shape index (κ3) is 4.70. The maximum atomic E-state index is 12.2. The van der Waals surface area contributed by atoms with Gasteiger partial charge in [-0.15, -0.1) is 10.2 Å². The molecule has 0 bridgehead atoms. The molecular weight excluding hydrogens is 434 g/mol. The summed E-state index contributed by atoms with van der Waals surface area (Å²) in [6, 6.07) is 23.8. The van der Waals surface area contributed by atoms with Gasteiger partial charge in [-0.3, -0.25) is 4.79 Å². The van der Waals surface area contributed by atoms with E-state index >= 15 is 0 Å². The van der Waals surface area contributed by atoms with Gasteiger partial charge in [0.1, 0.15) is 5.75 Å². The standard InChI is InChI=1S/C22H16BrN3O3/c23-19-9-5-4-8-18(19)22-26-25-20(29-22)14-28-17-12-10-16(11-13-17)24-21(27)15-6-2-1-3-7-15/h1-13H,14H2,(H,24,27). The monoisotopic (exact) mass is 449 g/mol. The van der Waals surface area contributed by atoms with Crippen molar-refractivity contribution in [1.82, 2.24) is 10.2 Å². The summed E-state index contributed by atoms with van der Waals surface area (Å²) >= 11 is 3.47. The predicted octanol–water partition coefficient (Wildman–Crippen LogP) is 5.33. The fraction of sp³-hybridized carbons (Fsp3) is 0.0455. The second-order valence-corrected chi connectivity index (χ2v) is 6.97. The molecule has 0 saturated heterocycles. The Bertz CT molecular complexity index is 1110. The number of nitrogens with zero attached hydrogens (tertiary/aromatic N) is 2. The lowest BCUT2D eigenvalue weighted by Crippen LogP contribution is -2.11. The van der Waals surface area contributed by atoms with Gasteiger partial charge in [-0.1, -0.05) is 30.3 Å². The maximum Gasteiger partial charge on any atom is 0.255 e. The van der Waals surface area contributed by atoms with Gasteiger partial charge in [0.25, 0.3) is 11.8 Å². The number of carbonyl (C=O) groups is 1. The quantitative estimate of drug-likeness (QED) is 0.430. The van der Waals surface area contributed by atoms with Crippen molar-refractivity contribution in [3.63, 3.8) is 0 Å². The molecule has 0 saturated carbocycles. The van der Waals surface area contributed by atoms with Crippen LogP contribution in [0.1, 0.15) is 16.2 Å². The van der Waals surface area contributed by atoms with E-state index in [-0.39, 0.29) is 12.5 Å². The molecule has 0 aliphatic carbocycles. The SMILES string of the molecule is O=C(Nc1ccc(OCc2nnc(-c3ccccc3Br)o2)cc1)c1ccccc1. The molecule has 1 amide bonds. The average Bonchev–Trinajstić information content (AvgIpc) is 3.23. The number of benzene rings is 3. The van der Waals surface area contributed by atoms with Crippen molar-refractivity contribution in [2.24, 2.45) is 0 Å². The van der Waals surface area contributed by atoms with Crippen LogP contribution in [0.5, 0.6) is 5.75 Å². The van der Waals surface area contributed by atoms with Gasteiger partial charge in [0.2, 0.25) is 5.89 Å². The Hall–Kier alpha value is -3.45. The second-order valence-electron chi connectivity index (χ2n) is 6.11. The average molecular weight is 450 g/mol. The highest BCUT2D eigenvalue weighted by atomic mass is 79.9. The van der Waals surface area contributed by atoms with Gasteiger partial charge in [0, 0.05) is 15.7 Å². The Labute approximate surface area is 175 Å². The Morgan fingerprint density at radius 3 is 2.41 bits per heavy atom. The summed E-state index contributed by atoms with van der Waals surface area (Å²) in [5, 5.41) is 10.9. The van der Waals surface area contributed by atoms with Crippen molar-refractivity contribution < 1.29 is 13.9 Å². The first-order valence-electron chi connectivity index (χ1n) is 8.85.